The van der Waals surface area contributed by atoms with Crippen molar-refractivity contribution in [3.63, 3.8) is 0 Å². The molecule has 7 heteroatoms. The summed E-state index contributed by atoms with van der Waals surface area (Å²) >= 11 is 0. The van der Waals surface area contributed by atoms with E-state index in [4.69, 9.17) is 23.7 Å². The van der Waals surface area contributed by atoms with Gasteiger partial charge in [0, 0.05) is 25.2 Å². The number of nitrogens with zero attached hydrogens (tertiary/aromatic N) is 2. The second-order valence-corrected chi connectivity index (χ2v) is 10.6. The first-order chi connectivity index (χ1) is 18.7. The highest BCUT2D eigenvalue weighted by molar-refractivity contribution is 5.40. The summed E-state index contributed by atoms with van der Waals surface area (Å²) in [6.45, 7) is 19.4. The minimum Gasteiger partial charge on any atom is -0.491 e. The Morgan fingerprint density at radius 3 is 1.18 bits per heavy atom. The minimum atomic E-state index is 0.299. The Morgan fingerprint density at radius 1 is 0.538 bits per heavy atom. The van der Waals surface area contributed by atoms with Gasteiger partial charge in [0.15, 0.2) is 0 Å². The van der Waals surface area contributed by atoms with Crippen LogP contribution in [-0.4, -0.2) is 102 Å². The van der Waals surface area contributed by atoms with E-state index in [1.165, 1.54) is 22.3 Å². The van der Waals surface area contributed by atoms with E-state index in [0.29, 0.717) is 64.9 Å². The number of para-hydroxylation sites is 2. The van der Waals surface area contributed by atoms with Crippen LogP contribution in [0.25, 0.3) is 0 Å². The van der Waals surface area contributed by atoms with E-state index in [2.05, 4.69) is 102 Å². The van der Waals surface area contributed by atoms with Gasteiger partial charge in [0.2, 0.25) is 0 Å². The molecule has 2 aromatic carbocycles. The predicted octanol–water partition coefficient (Wildman–Crippen LogP) is 5.07. The fourth-order valence-electron chi connectivity index (χ4n) is 4.12. The first-order valence-corrected chi connectivity index (χ1v) is 14.2. The number of hydrogen-bond acceptors (Lipinski definition) is 7. The summed E-state index contributed by atoms with van der Waals surface area (Å²) in [5, 5.41) is 0. The smallest absolute Gasteiger partial charge is 0.125 e. The quantitative estimate of drug-likeness (QED) is 0.216. The molecule has 0 fully saturated rings. The van der Waals surface area contributed by atoms with Gasteiger partial charge >= 0.3 is 0 Å². The predicted molar refractivity (Wildman–Crippen MR) is 159 cm³/mol. The maximum Gasteiger partial charge on any atom is 0.125 e. The van der Waals surface area contributed by atoms with Crippen LogP contribution < -0.4 is 9.47 Å². The van der Waals surface area contributed by atoms with Gasteiger partial charge in [-0.15, -0.1) is 0 Å². The molecule has 0 aromatic heterocycles. The molecule has 0 aliphatic carbocycles. The molecule has 2 atom stereocenters. The molecule has 2 rings (SSSR count). The Kier molecular flexibility index (Phi) is 15.5. The van der Waals surface area contributed by atoms with Gasteiger partial charge in [0.05, 0.1) is 39.6 Å². The molecule has 0 amide bonds. The molecular weight excluding hydrogens is 492 g/mol. The molecule has 0 aliphatic heterocycles. The SMILES string of the molecule is Cc1cccc(C)c1OCC(C)N(C)CCOCCOCCOCCN(C)C(C)COc1c(C)cccc1C. The molecule has 0 bridgehead atoms. The van der Waals surface area contributed by atoms with Crippen LogP contribution in [0.5, 0.6) is 11.5 Å². The molecule has 0 saturated heterocycles. The van der Waals surface area contributed by atoms with E-state index >= 15 is 0 Å². The van der Waals surface area contributed by atoms with E-state index < -0.39 is 0 Å². The molecule has 0 spiro atoms. The van der Waals surface area contributed by atoms with Gasteiger partial charge < -0.3 is 23.7 Å². The number of benzene rings is 2. The van der Waals surface area contributed by atoms with Crippen molar-refractivity contribution in [1.82, 2.24) is 9.80 Å². The molecule has 220 valence electrons. The van der Waals surface area contributed by atoms with Crippen LogP contribution in [-0.2, 0) is 14.2 Å². The van der Waals surface area contributed by atoms with E-state index in [9.17, 15) is 0 Å². The van der Waals surface area contributed by atoms with Crippen LogP contribution in [0.2, 0.25) is 0 Å². The molecule has 0 saturated carbocycles. The first kappa shape index (κ1) is 33.0. The Bertz CT molecular complexity index is 838. The Labute approximate surface area is 237 Å². The molecule has 39 heavy (non-hydrogen) atoms. The lowest BCUT2D eigenvalue weighted by Gasteiger charge is -2.25. The largest absolute Gasteiger partial charge is 0.491 e. The van der Waals surface area contributed by atoms with E-state index in [0.717, 1.165) is 24.6 Å². The lowest BCUT2D eigenvalue weighted by atomic mass is 10.1. The second kappa shape index (κ2) is 18.2. The molecule has 2 unspecified atom stereocenters. The normalized spacial score (nSPS) is 13.2. The standard InChI is InChI=1S/C32H52N2O5/c1-25-11-9-12-26(2)31(25)38-23-29(5)33(7)15-17-35-19-21-37-22-20-36-18-16-34(8)30(6)24-39-32-27(3)13-10-14-28(32)4/h9-14,29-30H,15-24H2,1-8H3. The Hall–Kier alpha value is -2.16. The third-order valence-corrected chi connectivity index (χ3v) is 7.18. The molecule has 0 heterocycles. The fraction of sp³-hybridized carbons (Fsp3) is 0.625. The van der Waals surface area contributed by atoms with Crippen LogP contribution >= 0.6 is 0 Å². The van der Waals surface area contributed by atoms with Crippen molar-refractivity contribution in [2.75, 3.05) is 80.0 Å². The summed E-state index contributed by atoms with van der Waals surface area (Å²) < 4.78 is 29.3. The first-order valence-electron chi connectivity index (χ1n) is 14.2. The zero-order chi connectivity index (χ0) is 28.6. The Balaban J connectivity index is 1.43. The molecule has 0 aliphatic rings. The van der Waals surface area contributed by atoms with Crippen LogP contribution in [0.3, 0.4) is 0 Å². The third-order valence-electron chi connectivity index (χ3n) is 7.18. The van der Waals surface area contributed by atoms with Gasteiger partial charge in [-0.25, -0.2) is 0 Å². The minimum absolute atomic E-state index is 0.299. The Morgan fingerprint density at radius 2 is 0.846 bits per heavy atom. The van der Waals surface area contributed by atoms with Crippen molar-refractivity contribution in [2.24, 2.45) is 0 Å². The summed E-state index contributed by atoms with van der Waals surface area (Å²) in [4.78, 5) is 4.52. The molecule has 2 aromatic rings. The summed E-state index contributed by atoms with van der Waals surface area (Å²) in [6, 6.07) is 13.1. The highest BCUT2D eigenvalue weighted by atomic mass is 16.5. The number of ether oxygens (including phenoxy) is 5. The maximum absolute atomic E-state index is 6.09. The molecule has 0 radical (unpaired) electrons. The molecule has 7 nitrogen and oxygen atoms in total. The molecule has 0 N–H and O–H groups in total. The summed E-state index contributed by atoms with van der Waals surface area (Å²) in [5.41, 5.74) is 4.70. The lowest BCUT2D eigenvalue weighted by Crippen LogP contribution is -2.36. The van der Waals surface area contributed by atoms with E-state index in [1.807, 2.05) is 0 Å². The lowest BCUT2D eigenvalue weighted by molar-refractivity contribution is 0.00503. The zero-order valence-corrected chi connectivity index (χ0v) is 25.6. The van der Waals surface area contributed by atoms with Crippen molar-refractivity contribution in [1.29, 1.82) is 0 Å². The zero-order valence-electron chi connectivity index (χ0n) is 25.6. The number of aryl methyl sites for hydroxylation is 4. The van der Waals surface area contributed by atoms with Crippen LogP contribution in [0, 0.1) is 27.7 Å². The average Bonchev–Trinajstić information content (AvgIpc) is 2.90. The van der Waals surface area contributed by atoms with Gasteiger partial charge in [-0.2, -0.15) is 0 Å². The van der Waals surface area contributed by atoms with Gasteiger partial charge in [0.25, 0.3) is 0 Å². The highest BCUT2D eigenvalue weighted by Gasteiger charge is 2.13. The van der Waals surface area contributed by atoms with Crippen molar-refractivity contribution >= 4 is 0 Å². The average molecular weight is 545 g/mol. The fourth-order valence-corrected chi connectivity index (χ4v) is 4.12. The summed E-state index contributed by atoms with van der Waals surface area (Å²) in [6.07, 6.45) is 0. The monoisotopic (exact) mass is 544 g/mol. The topological polar surface area (TPSA) is 52.6 Å². The van der Waals surface area contributed by atoms with Gasteiger partial charge in [-0.3, -0.25) is 9.80 Å². The van der Waals surface area contributed by atoms with Crippen molar-refractivity contribution in [3.05, 3.63) is 58.7 Å². The van der Waals surface area contributed by atoms with Crippen LogP contribution in [0.1, 0.15) is 36.1 Å². The van der Waals surface area contributed by atoms with Crippen LogP contribution in [0.15, 0.2) is 36.4 Å². The summed E-state index contributed by atoms with van der Waals surface area (Å²) in [5.74, 6) is 1.99. The summed E-state index contributed by atoms with van der Waals surface area (Å²) in [7, 11) is 4.21. The van der Waals surface area contributed by atoms with Crippen LogP contribution in [0.4, 0.5) is 0 Å². The number of likely N-dealkylation sites (N-methyl/N-ethyl adjacent to an activating group) is 2. The van der Waals surface area contributed by atoms with Crippen molar-refractivity contribution in [3.8, 4) is 11.5 Å². The van der Waals surface area contributed by atoms with Crippen molar-refractivity contribution in [2.45, 2.75) is 53.6 Å². The van der Waals surface area contributed by atoms with Crippen molar-refractivity contribution < 1.29 is 23.7 Å². The third kappa shape index (κ3) is 12.3. The number of rotatable bonds is 20. The molecular formula is C32H52N2O5. The highest BCUT2D eigenvalue weighted by Crippen LogP contribution is 2.23. The van der Waals surface area contributed by atoms with E-state index in [-0.39, 0.29) is 0 Å². The van der Waals surface area contributed by atoms with Gasteiger partial charge in [-0.05, 0) is 77.9 Å². The van der Waals surface area contributed by atoms with E-state index in [1.54, 1.807) is 0 Å². The maximum atomic E-state index is 6.09. The second-order valence-electron chi connectivity index (χ2n) is 10.6. The van der Waals surface area contributed by atoms with Gasteiger partial charge in [0.1, 0.15) is 24.7 Å². The number of hydrogen-bond donors (Lipinski definition) is 0. The van der Waals surface area contributed by atoms with Gasteiger partial charge in [-0.1, -0.05) is 36.4 Å².